The van der Waals surface area contributed by atoms with Gasteiger partial charge in [-0.25, -0.2) is 0 Å². The molecule has 0 aliphatic carbocycles. The first-order valence-electron chi connectivity index (χ1n) is 4.11. The third-order valence-corrected chi connectivity index (χ3v) is 2.35. The van der Waals surface area contributed by atoms with Crippen LogP contribution in [-0.4, -0.2) is 11.7 Å². The molecule has 0 aliphatic rings. The molecule has 0 radical (unpaired) electrons. The Balaban J connectivity index is 2.62. The van der Waals surface area contributed by atoms with E-state index in [1.54, 1.807) is 18.2 Å². The highest BCUT2D eigenvalue weighted by Gasteiger charge is 2.04. The van der Waals surface area contributed by atoms with E-state index < -0.39 is 0 Å². The van der Waals surface area contributed by atoms with Crippen LogP contribution in [0.4, 0.5) is 0 Å². The molecule has 0 heterocycles. The van der Waals surface area contributed by atoms with Crippen molar-refractivity contribution >= 4 is 27.5 Å². The van der Waals surface area contributed by atoms with Crippen LogP contribution in [0.3, 0.4) is 0 Å². The van der Waals surface area contributed by atoms with Crippen molar-refractivity contribution < 1.29 is 5.11 Å². The Morgan fingerprint density at radius 1 is 1.57 bits per heavy atom. The Hall–Kier alpha value is -0.510. The van der Waals surface area contributed by atoms with Crippen LogP contribution in [0.1, 0.15) is 5.56 Å². The molecular weight excluding hydrogens is 265 g/mol. The average Bonchev–Trinajstić information content (AvgIpc) is 2.09. The van der Waals surface area contributed by atoms with Gasteiger partial charge in [0.05, 0.1) is 0 Å². The monoisotopic (exact) mass is 275 g/mol. The Bertz CT molecular complexity index is 321. The van der Waals surface area contributed by atoms with Gasteiger partial charge in [-0.2, -0.15) is 0 Å². The largest absolute Gasteiger partial charge is 0.508 e. The number of halogens is 2. The van der Waals surface area contributed by atoms with Crippen molar-refractivity contribution in [1.82, 2.24) is 5.32 Å². The molecule has 0 unspecified atom stereocenters. The summed E-state index contributed by atoms with van der Waals surface area (Å²) in [6.45, 7) is 4.86. The summed E-state index contributed by atoms with van der Waals surface area (Å²) >= 11 is 9.14. The van der Waals surface area contributed by atoms with E-state index in [-0.39, 0.29) is 5.75 Å². The van der Waals surface area contributed by atoms with Crippen LogP contribution in [0.2, 0.25) is 5.02 Å². The number of rotatable bonds is 4. The maximum absolute atomic E-state index is 9.50. The fourth-order valence-electron chi connectivity index (χ4n) is 1.05. The molecule has 2 nitrogen and oxygen atoms in total. The Morgan fingerprint density at radius 2 is 2.29 bits per heavy atom. The smallest absolute Gasteiger partial charge is 0.121 e. The number of phenols is 1. The van der Waals surface area contributed by atoms with Crippen LogP contribution in [0.25, 0.3) is 0 Å². The van der Waals surface area contributed by atoms with E-state index >= 15 is 0 Å². The zero-order valence-electron chi connectivity index (χ0n) is 7.56. The second-order valence-electron chi connectivity index (χ2n) is 2.86. The Labute approximate surface area is 96.7 Å². The average molecular weight is 277 g/mol. The molecule has 76 valence electrons. The second kappa shape index (κ2) is 5.39. The first-order valence-corrected chi connectivity index (χ1v) is 5.28. The van der Waals surface area contributed by atoms with Crippen LogP contribution < -0.4 is 5.32 Å². The summed E-state index contributed by atoms with van der Waals surface area (Å²) in [5.41, 5.74) is 0.711. The van der Waals surface area contributed by atoms with Gasteiger partial charge < -0.3 is 10.4 Å². The molecule has 0 saturated carbocycles. The maximum Gasteiger partial charge on any atom is 0.121 e. The summed E-state index contributed by atoms with van der Waals surface area (Å²) in [6.07, 6.45) is 0. The van der Waals surface area contributed by atoms with E-state index in [9.17, 15) is 5.11 Å². The topological polar surface area (TPSA) is 32.3 Å². The summed E-state index contributed by atoms with van der Waals surface area (Å²) in [7, 11) is 0. The molecule has 1 aromatic rings. The van der Waals surface area contributed by atoms with Crippen molar-refractivity contribution in [3.8, 4) is 5.75 Å². The van der Waals surface area contributed by atoms with Crippen LogP contribution in [0.15, 0.2) is 29.3 Å². The van der Waals surface area contributed by atoms with Gasteiger partial charge >= 0.3 is 0 Å². The highest BCUT2D eigenvalue weighted by atomic mass is 79.9. The fourth-order valence-corrected chi connectivity index (χ4v) is 1.48. The molecule has 0 fully saturated rings. The van der Waals surface area contributed by atoms with E-state index in [0.29, 0.717) is 23.7 Å². The summed E-state index contributed by atoms with van der Waals surface area (Å²) in [4.78, 5) is 0. The molecule has 0 bridgehead atoms. The zero-order chi connectivity index (χ0) is 10.6. The lowest BCUT2D eigenvalue weighted by atomic mass is 10.2. The quantitative estimate of drug-likeness (QED) is 0.886. The van der Waals surface area contributed by atoms with Crippen molar-refractivity contribution in [3.63, 3.8) is 0 Å². The normalized spacial score (nSPS) is 10.1. The number of aromatic hydroxyl groups is 1. The van der Waals surface area contributed by atoms with Crippen molar-refractivity contribution in [2.24, 2.45) is 0 Å². The molecule has 0 spiro atoms. The van der Waals surface area contributed by atoms with Crippen molar-refractivity contribution in [2.45, 2.75) is 6.54 Å². The van der Waals surface area contributed by atoms with Gasteiger partial charge in [-0.05, 0) is 12.1 Å². The van der Waals surface area contributed by atoms with Gasteiger partial charge in [0.2, 0.25) is 0 Å². The summed E-state index contributed by atoms with van der Waals surface area (Å²) < 4.78 is 0.865. The molecule has 1 rings (SSSR count). The van der Waals surface area contributed by atoms with E-state index in [1.165, 1.54) is 0 Å². The number of hydrogen-bond donors (Lipinski definition) is 2. The predicted molar refractivity (Wildman–Crippen MR) is 62.9 cm³/mol. The van der Waals surface area contributed by atoms with E-state index in [1.807, 2.05) is 0 Å². The highest BCUT2D eigenvalue weighted by Crippen LogP contribution is 2.24. The lowest BCUT2D eigenvalue weighted by Crippen LogP contribution is -2.14. The Morgan fingerprint density at radius 3 is 2.86 bits per heavy atom. The van der Waals surface area contributed by atoms with Gasteiger partial charge in [0.15, 0.2) is 0 Å². The Kier molecular flexibility index (Phi) is 4.45. The standard InChI is InChI=1S/C10H11BrClNO/c1-7(11)5-13-6-8-9(12)3-2-4-10(8)14/h2-4,13-14H,1,5-6H2. The minimum Gasteiger partial charge on any atom is -0.508 e. The summed E-state index contributed by atoms with van der Waals surface area (Å²) in [5.74, 6) is 0.213. The van der Waals surface area contributed by atoms with Gasteiger partial charge in [-0.15, -0.1) is 0 Å². The van der Waals surface area contributed by atoms with Gasteiger partial charge in [0.1, 0.15) is 5.75 Å². The van der Waals surface area contributed by atoms with E-state index in [0.717, 1.165) is 4.48 Å². The number of hydrogen-bond acceptors (Lipinski definition) is 2. The molecule has 0 amide bonds. The molecule has 2 N–H and O–H groups in total. The minimum absolute atomic E-state index is 0.213. The summed E-state index contributed by atoms with van der Waals surface area (Å²) in [5, 5.41) is 13.2. The predicted octanol–water partition coefficient (Wildman–Crippen LogP) is 3.04. The summed E-state index contributed by atoms with van der Waals surface area (Å²) in [6, 6.07) is 5.08. The van der Waals surface area contributed by atoms with Gasteiger partial charge in [0.25, 0.3) is 0 Å². The van der Waals surface area contributed by atoms with Crippen molar-refractivity contribution in [2.75, 3.05) is 6.54 Å². The van der Waals surface area contributed by atoms with Gasteiger partial charge in [0, 0.05) is 28.2 Å². The van der Waals surface area contributed by atoms with Gasteiger partial charge in [-0.1, -0.05) is 40.2 Å². The van der Waals surface area contributed by atoms with E-state index in [2.05, 4.69) is 27.8 Å². The first kappa shape index (κ1) is 11.6. The maximum atomic E-state index is 9.50. The molecular formula is C10H11BrClNO. The highest BCUT2D eigenvalue weighted by molar-refractivity contribution is 9.11. The van der Waals surface area contributed by atoms with Crippen molar-refractivity contribution in [1.29, 1.82) is 0 Å². The van der Waals surface area contributed by atoms with Crippen LogP contribution in [0.5, 0.6) is 5.75 Å². The number of nitrogens with one attached hydrogen (secondary N) is 1. The minimum atomic E-state index is 0.213. The molecule has 0 saturated heterocycles. The molecule has 0 aliphatic heterocycles. The second-order valence-corrected chi connectivity index (χ2v) is 4.39. The fraction of sp³-hybridized carbons (Fsp3) is 0.200. The molecule has 0 atom stereocenters. The zero-order valence-corrected chi connectivity index (χ0v) is 9.90. The van der Waals surface area contributed by atoms with E-state index in [4.69, 9.17) is 11.6 Å². The third kappa shape index (κ3) is 3.33. The molecule has 0 aromatic heterocycles. The first-order chi connectivity index (χ1) is 6.61. The third-order valence-electron chi connectivity index (χ3n) is 1.71. The van der Waals surface area contributed by atoms with Gasteiger partial charge in [-0.3, -0.25) is 0 Å². The lowest BCUT2D eigenvalue weighted by molar-refractivity contribution is 0.465. The van der Waals surface area contributed by atoms with Crippen LogP contribution in [-0.2, 0) is 6.54 Å². The molecule has 14 heavy (non-hydrogen) atoms. The molecule has 1 aromatic carbocycles. The van der Waals surface area contributed by atoms with Crippen LogP contribution >= 0.6 is 27.5 Å². The SMILES string of the molecule is C=C(Br)CNCc1c(O)cccc1Cl. The van der Waals surface area contributed by atoms with Crippen molar-refractivity contribution in [3.05, 3.63) is 39.8 Å². The number of phenolic OH excluding ortho intramolecular Hbond substituents is 1. The molecule has 4 heteroatoms. The lowest BCUT2D eigenvalue weighted by Gasteiger charge is -2.07. The van der Waals surface area contributed by atoms with Crippen LogP contribution in [0, 0.1) is 0 Å². The number of benzene rings is 1.